The summed E-state index contributed by atoms with van der Waals surface area (Å²) in [5.74, 6) is 0.916. The zero-order valence-corrected chi connectivity index (χ0v) is 22.1. The lowest BCUT2D eigenvalue weighted by molar-refractivity contribution is -0.126. The number of hydrogen-bond acceptors (Lipinski definition) is 6. The van der Waals surface area contributed by atoms with E-state index in [1.807, 2.05) is 68.6 Å². The van der Waals surface area contributed by atoms with E-state index in [-0.39, 0.29) is 11.7 Å². The molecule has 8 nitrogen and oxygen atoms in total. The summed E-state index contributed by atoms with van der Waals surface area (Å²) < 4.78 is 18.6. The molecule has 1 aliphatic carbocycles. The fourth-order valence-electron chi connectivity index (χ4n) is 4.07. The lowest BCUT2D eigenvalue weighted by Gasteiger charge is -2.10. The molecule has 2 aromatic heterocycles. The molecule has 40 heavy (non-hydrogen) atoms. The molecule has 3 aromatic carbocycles. The van der Waals surface area contributed by atoms with Crippen LogP contribution in [0.15, 0.2) is 85.1 Å². The van der Waals surface area contributed by atoms with E-state index in [0.717, 1.165) is 45.0 Å². The number of pyridine rings is 1. The molecule has 0 unspecified atom stereocenters. The zero-order chi connectivity index (χ0) is 28.1. The molecule has 0 atom stereocenters. The van der Waals surface area contributed by atoms with Crippen LogP contribution in [0.5, 0.6) is 11.5 Å². The Morgan fingerprint density at radius 2 is 1.73 bits per heavy atom. The van der Waals surface area contributed by atoms with Crippen LogP contribution in [0.3, 0.4) is 0 Å². The van der Waals surface area contributed by atoms with Crippen molar-refractivity contribution in [2.75, 3.05) is 17.7 Å². The Bertz CT molecular complexity index is 1640. The van der Waals surface area contributed by atoms with Gasteiger partial charge in [0.1, 0.15) is 29.0 Å². The molecular formula is C31H28FN5O3. The van der Waals surface area contributed by atoms with E-state index in [1.165, 1.54) is 24.3 Å². The first-order chi connectivity index (χ1) is 19.4. The highest BCUT2D eigenvalue weighted by Crippen LogP contribution is 2.44. The van der Waals surface area contributed by atoms with Crippen molar-refractivity contribution >= 4 is 34.5 Å². The van der Waals surface area contributed by atoms with Crippen LogP contribution >= 0.6 is 0 Å². The van der Waals surface area contributed by atoms with Crippen molar-refractivity contribution in [3.05, 3.63) is 96.6 Å². The lowest BCUT2D eigenvalue weighted by atomic mass is 10.1. The van der Waals surface area contributed by atoms with Gasteiger partial charge in [0, 0.05) is 41.3 Å². The number of ether oxygens (including phenoxy) is 1. The van der Waals surface area contributed by atoms with E-state index in [0.29, 0.717) is 24.8 Å². The topological polar surface area (TPSA) is 109 Å². The molecule has 1 aliphatic rings. The number of carbonyl (C=O) groups excluding carboxylic acids is 2. The molecule has 5 aromatic rings. The summed E-state index contributed by atoms with van der Waals surface area (Å²) in [5, 5.41) is 13.9. The van der Waals surface area contributed by atoms with Crippen LogP contribution in [0.2, 0.25) is 0 Å². The molecule has 0 bridgehead atoms. The molecule has 1 amide bonds. The first-order valence-corrected chi connectivity index (χ1v) is 12.8. The minimum absolute atomic E-state index is 0.302. The van der Waals surface area contributed by atoms with Crippen molar-refractivity contribution in [2.24, 2.45) is 5.41 Å². The normalized spacial score (nSPS) is 13.1. The summed E-state index contributed by atoms with van der Waals surface area (Å²) in [6.45, 7) is 1.99. The second-order valence-electron chi connectivity index (χ2n) is 9.59. The van der Waals surface area contributed by atoms with Gasteiger partial charge in [-0.15, -0.1) is 0 Å². The number of benzene rings is 3. The SMILES string of the molecule is CNc1ccc(Oc2ccnc3cc(-c4cc(C)[nH]n4)ccc23)cc1.O=CC1(C(=O)Nc2ccc(F)cc2)CC1. The average Bonchev–Trinajstić information content (AvgIpc) is 3.67. The number of H-pyrrole nitrogens is 1. The van der Waals surface area contributed by atoms with E-state index in [2.05, 4.69) is 25.8 Å². The Hall–Kier alpha value is -5.05. The van der Waals surface area contributed by atoms with Gasteiger partial charge in [0.15, 0.2) is 0 Å². The molecule has 2 heterocycles. The Labute approximate surface area is 230 Å². The van der Waals surface area contributed by atoms with Crippen molar-refractivity contribution in [1.29, 1.82) is 0 Å². The third-order valence-corrected chi connectivity index (χ3v) is 6.64. The maximum atomic E-state index is 12.6. The van der Waals surface area contributed by atoms with Crippen molar-refractivity contribution in [3.63, 3.8) is 0 Å². The van der Waals surface area contributed by atoms with Crippen LogP contribution in [0, 0.1) is 18.2 Å². The number of hydrogen-bond donors (Lipinski definition) is 3. The maximum Gasteiger partial charge on any atom is 0.237 e. The quantitative estimate of drug-likeness (QED) is 0.161. The highest BCUT2D eigenvalue weighted by Gasteiger charge is 2.50. The third-order valence-electron chi connectivity index (χ3n) is 6.64. The van der Waals surface area contributed by atoms with E-state index in [1.54, 1.807) is 6.20 Å². The van der Waals surface area contributed by atoms with Gasteiger partial charge in [-0.25, -0.2) is 4.39 Å². The minimum Gasteiger partial charge on any atom is -0.457 e. The van der Waals surface area contributed by atoms with Gasteiger partial charge in [0.25, 0.3) is 0 Å². The lowest BCUT2D eigenvalue weighted by Crippen LogP contribution is -2.25. The summed E-state index contributed by atoms with van der Waals surface area (Å²) >= 11 is 0. The number of halogens is 1. The first kappa shape index (κ1) is 26.6. The number of carbonyl (C=O) groups is 2. The number of nitrogens with one attached hydrogen (secondary N) is 3. The van der Waals surface area contributed by atoms with Crippen molar-refractivity contribution < 1.29 is 18.7 Å². The fourth-order valence-corrected chi connectivity index (χ4v) is 4.07. The number of fused-ring (bicyclic) bond motifs is 1. The third kappa shape index (κ3) is 5.99. The number of aromatic amines is 1. The van der Waals surface area contributed by atoms with E-state index in [9.17, 15) is 14.0 Å². The molecular weight excluding hydrogens is 509 g/mol. The van der Waals surface area contributed by atoms with Gasteiger partial charge in [-0.05, 0) is 92.6 Å². The van der Waals surface area contributed by atoms with Crippen molar-refractivity contribution in [2.45, 2.75) is 19.8 Å². The molecule has 0 radical (unpaired) electrons. The molecule has 0 aliphatic heterocycles. The second-order valence-corrected chi connectivity index (χ2v) is 9.59. The summed E-state index contributed by atoms with van der Waals surface area (Å²) in [7, 11) is 1.89. The van der Waals surface area contributed by atoms with Crippen LogP contribution in [-0.4, -0.2) is 34.4 Å². The minimum atomic E-state index is -0.825. The van der Waals surface area contributed by atoms with E-state index < -0.39 is 5.41 Å². The standard InChI is InChI=1S/C20H18N4O.C11H10FNO2/c1-13-11-18(24-23-13)14-3-8-17-19(12-14)22-10-9-20(17)25-16-6-4-15(21-2)5-7-16;12-8-1-3-9(4-2-8)13-10(15)11(7-14)5-6-11/h3-12,21H,1-2H3,(H,23,24);1-4,7H,5-6H2,(H,13,15). The number of aryl methyl sites for hydroxylation is 1. The van der Waals surface area contributed by atoms with Gasteiger partial charge in [-0.2, -0.15) is 5.10 Å². The Balaban J connectivity index is 0.000000184. The van der Waals surface area contributed by atoms with Crippen molar-refractivity contribution in [3.8, 4) is 22.8 Å². The Morgan fingerprint density at radius 3 is 2.35 bits per heavy atom. The highest BCUT2D eigenvalue weighted by atomic mass is 19.1. The molecule has 0 saturated heterocycles. The van der Waals surface area contributed by atoms with Gasteiger partial charge >= 0.3 is 0 Å². The van der Waals surface area contributed by atoms with Gasteiger partial charge in [-0.1, -0.05) is 6.07 Å². The van der Waals surface area contributed by atoms with Gasteiger partial charge in [-0.3, -0.25) is 14.9 Å². The number of aromatic nitrogens is 3. The molecule has 1 fully saturated rings. The van der Waals surface area contributed by atoms with E-state index >= 15 is 0 Å². The predicted octanol–water partition coefficient (Wildman–Crippen LogP) is 6.51. The van der Waals surface area contributed by atoms with Crippen LogP contribution < -0.4 is 15.4 Å². The fraction of sp³-hybridized carbons (Fsp3) is 0.161. The molecule has 3 N–H and O–H groups in total. The van der Waals surface area contributed by atoms with Gasteiger partial charge in [0.2, 0.25) is 5.91 Å². The maximum absolute atomic E-state index is 12.6. The predicted molar refractivity (Wildman–Crippen MR) is 153 cm³/mol. The average molecular weight is 538 g/mol. The largest absolute Gasteiger partial charge is 0.457 e. The smallest absolute Gasteiger partial charge is 0.237 e. The summed E-state index contributed by atoms with van der Waals surface area (Å²) in [4.78, 5) is 26.7. The number of nitrogens with zero attached hydrogens (tertiary/aromatic N) is 2. The van der Waals surface area contributed by atoms with Gasteiger partial charge in [0.05, 0.1) is 11.2 Å². The summed E-state index contributed by atoms with van der Waals surface area (Å²) in [6.07, 6.45) is 3.65. The van der Waals surface area contributed by atoms with Crippen LogP contribution in [0.1, 0.15) is 18.5 Å². The zero-order valence-electron chi connectivity index (χ0n) is 22.1. The van der Waals surface area contributed by atoms with E-state index in [4.69, 9.17) is 4.74 Å². The summed E-state index contributed by atoms with van der Waals surface area (Å²) in [6, 6.07) is 23.3. The van der Waals surface area contributed by atoms with Gasteiger partial charge < -0.3 is 20.2 Å². The molecule has 1 saturated carbocycles. The summed E-state index contributed by atoms with van der Waals surface area (Å²) in [5.41, 5.74) is 4.58. The van der Waals surface area contributed by atoms with Crippen LogP contribution in [-0.2, 0) is 9.59 Å². The monoisotopic (exact) mass is 537 g/mol. The Kier molecular flexibility index (Phi) is 7.54. The number of amides is 1. The molecule has 0 spiro atoms. The van der Waals surface area contributed by atoms with Crippen LogP contribution in [0.25, 0.3) is 22.2 Å². The first-order valence-electron chi connectivity index (χ1n) is 12.8. The molecule has 202 valence electrons. The molecule has 9 heteroatoms. The van der Waals surface area contributed by atoms with Crippen LogP contribution in [0.4, 0.5) is 15.8 Å². The number of rotatable bonds is 7. The van der Waals surface area contributed by atoms with Crippen molar-refractivity contribution in [1.82, 2.24) is 15.2 Å². The second kappa shape index (κ2) is 11.4. The highest BCUT2D eigenvalue weighted by molar-refractivity contribution is 6.07. The number of anilines is 2. The number of aldehydes is 1. The molecule has 6 rings (SSSR count). The Morgan fingerprint density at radius 1 is 1.00 bits per heavy atom.